The first-order valence-electron chi connectivity index (χ1n) is 8.64. The molecule has 0 unspecified atom stereocenters. The van der Waals surface area contributed by atoms with Gasteiger partial charge in [-0.2, -0.15) is 0 Å². The number of allylic oxidation sites excluding steroid dienone is 2. The number of halogens is 1. The normalized spacial score (nSPS) is 32.0. The Bertz CT molecular complexity index is 531. The van der Waals surface area contributed by atoms with Gasteiger partial charge in [-0.3, -0.25) is 4.90 Å². The van der Waals surface area contributed by atoms with Crippen molar-refractivity contribution in [1.29, 1.82) is 0 Å². The van der Waals surface area contributed by atoms with Crippen molar-refractivity contribution < 1.29 is 4.39 Å². The van der Waals surface area contributed by atoms with E-state index in [0.717, 1.165) is 37.4 Å². The lowest BCUT2D eigenvalue weighted by atomic mass is 9.93. The molecule has 2 aliphatic carbocycles. The van der Waals surface area contributed by atoms with E-state index < -0.39 is 0 Å². The second kappa shape index (κ2) is 6.13. The molecule has 1 aromatic carbocycles. The molecule has 0 N–H and O–H groups in total. The first-order valence-corrected chi connectivity index (χ1v) is 8.64. The lowest BCUT2D eigenvalue weighted by molar-refractivity contribution is 0.108. The third kappa shape index (κ3) is 3.11. The van der Waals surface area contributed by atoms with Crippen molar-refractivity contribution in [3.8, 4) is 0 Å². The Kier molecular flexibility index (Phi) is 4.01. The van der Waals surface area contributed by atoms with E-state index in [0.29, 0.717) is 0 Å². The highest BCUT2D eigenvalue weighted by atomic mass is 19.1. The number of hydrogen-bond acceptors (Lipinski definition) is 2. The smallest absolute Gasteiger partial charge is 0.123 e. The van der Waals surface area contributed by atoms with Gasteiger partial charge in [-0.25, -0.2) is 4.39 Å². The van der Waals surface area contributed by atoms with Gasteiger partial charge in [0.2, 0.25) is 0 Å². The summed E-state index contributed by atoms with van der Waals surface area (Å²) in [6.07, 6.45) is 7.72. The van der Waals surface area contributed by atoms with Crippen LogP contribution in [0.4, 0.5) is 4.39 Å². The lowest BCUT2D eigenvalue weighted by Crippen LogP contribution is -2.47. The van der Waals surface area contributed by atoms with E-state index in [9.17, 15) is 4.39 Å². The molecule has 118 valence electrons. The predicted octanol–water partition coefficient (Wildman–Crippen LogP) is 3.16. The van der Waals surface area contributed by atoms with Crippen LogP contribution in [0.25, 0.3) is 0 Å². The highest BCUT2D eigenvalue weighted by molar-refractivity contribution is 5.16. The Morgan fingerprint density at radius 2 is 1.64 bits per heavy atom. The number of fused-ring (bicyclic) bond motifs is 2. The molecule has 1 aromatic rings. The molecule has 4 rings (SSSR count). The minimum Gasteiger partial charge on any atom is -0.300 e. The van der Waals surface area contributed by atoms with E-state index in [-0.39, 0.29) is 5.82 Å². The fraction of sp³-hybridized carbons (Fsp3) is 0.579. The average molecular weight is 300 g/mol. The highest BCUT2D eigenvalue weighted by Gasteiger charge is 2.36. The first kappa shape index (κ1) is 14.4. The van der Waals surface area contributed by atoms with E-state index in [4.69, 9.17) is 0 Å². The van der Waals surface area contributed by atoms with Crippen LogP contribution < -0.4 is 0 Å². The van der Waals surface area contributed by atoms with E-state index in [1.807, 2.05) is 12.1 Å². The molecule has 3 aliphatic rings. The summed E-state index contributed by atoms with van der Waals surface area (Å²) in [6, 6.07) is 6.94. The Morgan fingerprint density at radius 3 is 2.27 bits per heavy atom. The van der Waals surface area contributed by atoms with Crippen LogP contribution >= 0.6 is 0 Å². The summed E-state index contributed by atoms with van der Waals surface area (Å²) in [4.78, 5) is 5.14. The molecular weight excluding hydrogens is 275 g/mol. The van der Waals surface area contributed by atoms with Crippen molar-refractivity contribution >= 4 is 0 Å². The van der Waals surface area contributed by atoms with Crippen LogP contribution in [0.5, 0.6) is 0 Å². The summed E-state index contributed by atoms with van der Waals surface area (Å²) in [5, 5.41) is 0. The van der Waals surface area contributed by atoms with Crippen LogP contribution in [-0.4, -0.2) is 42.5 Å². The maximum Gasteiger partial charge on any atom is 0.123 e. The van der Waals surface area contributed by atoms with Crippen LogP contribution in [0.2, 0.25) is 0 Å². The summed E-state index contributed by atoms with van der Waals surface area (Å²) >= 11 is 0. The molecule has 0 spiro atoms. The quantitative estimate of drug-likeness (QED) is 0.788. The molecule has 2 fully saturated rings. The largest absolute Gasteiger partial charge is 0.300 e. The molecule has 0 amide bonds. The molecule has 1 saturated heterocycles. The van der Waals surface area contributed by atoms with Gasteiger partial charge in [0.15, 0.2) is 0 Å². The van der Waals surface area contributed by atoms with Gasteiger partial charge >= 0.3 is 0 Å². The number of piperazine rings is 1. The van der Waals surface area contributed by atoms with E-state index in [1.54, 1.807) is 12.1 Å². The Morgan fingerprint density at radius 1 is 0.909 bits per heavy atom. The molecule has 3 atom stereocenters. The van der Waals surface area contributed by atoms with Crippen molar-refractivity contribution in [3.63, 3.8) is 0 Å². The highest BCUT2D eigenvalue weighted by Crippen LogP contribution is 2.43. The zero-order valence-electron chi connectivity index (χ0n) is 13.1. The van der Waals surface area contributed by atoms with Crippen molar-refractivity contribution in [2.75, 3.05) is 32.7 Å². The van der Waals surface area contributed by atoms with Gasteiger partial charge in [0.25, 0.3) is 0 Å². The summed E-state index contributed by atoms with van der Waals surface area (Å²) < 4.78 is 12.9. The van der Waals surface area contributed by atoms with Crippen molar-refractivity contribution in [3.05, 3.63) is 47.8 Å². The average Bonchev–Trinajstić information content (AvgIpc) is 3.14. The Labute approximate surface area is 132 Å². The molecular formula is C19H25FN2. The van der Waals surface area contributed by atoms with Crippen LogP contribution in [0.1, 0.15) is 18.4 Å². The molecule has 0 radical (unpaired) electrons. The number of hydrogen-bond donors (Lipinski definition) is 0. The minimum absolute atomic E-state index is 0.145. The molecule has 2 nitrogen and oxygen atoms in total. The van der Waals surface area contributed by atoms with Gasteiger partial charge in [0, 0.05) is 39.3 Å². The van der Waals surface area contributed by atoms with E-state index in [1.165, 1.54) is 38.0 Å². The summed E-state index contributed by atoms with van der Waals surface area (Å²) in [5.74, 6) is 2.50. The lowest BCUT2D eigenvalue weighted by Gasteiger charge is -2.37. The summed E-state index contributed by atoms with van der Waals surface area (Å²) in [6.45, 7) is 6.86. The molecule has 1 saturated carbocycles. The van der Waals surface area contributed by atoms with Gasteiger partial charge in [0.1, 0.15) is 5.82 Å². The monoisotopic (exact) mass is 300 g/mol. The van der Waals surface area contributed by atoms with Gasteiger partial charge in [-0.15, -0.1) is 0 Å². The molecule has 2 bridgehead atoms. The van der Waals surface area contributed by atoms with Crippen LogP contribution in [0, 0.1) is 23.6 Å². The third-order valence-electron chi connectivity index (χ3n) is 5.69. The maximum atomic E-state index is 12.9. The zero-order valence-corrected chi connectivity index (χ0v) is 13.1. The Hall–Kier alpha value is -1.19. The van der Waals surface area contributed by atoms with Crippen molar-refractivity contribution in [2.24, 2.45) is 17.8 Å². The van der Waals surface area contributed by atoms with E-state index >= 15 is 0 Å². The molecule has 3 heteroatoms. The number of nitrogens with zero attached hydrogens (tertiary/aromatic N) is 2. The van der Waals surface area contributed by atoms with Crippen molar-refractivity contribution in [1.82, 2.24) is 9.80 Å². The SMILES string of the molecule is Fc1ccc(CN2CCN(C[C@H]3C[C@@H]4C=C[C@@H]3C4)CC2)cc1. The molecule has 0 aromatic heterocycles. The summed E-state index contributed by atoms with van der Waals surface area (Å²) in [5.41, 5.74) is 1.22. The maximum absolute atomic E-state index is 12.9. The molecule has 22 heavy (non-hydrogen) atoms. The van der Waals surface area contributed by atoms with Gasteiger partial charge < -0.3 is 4.90 Å². The number of rotatable bonds is 4. The first-order chi connectivity index (χ1) is 10.8. The molecule has 1 heterocycles. The second-order valence-corrected chi connectivity index (χ2v) is 7.24. The molecule has 1 aliphatic heterocycles. The zero-order chi connectivity index (χ0) is 14.9. The number of benzene rings is 1. The van der Waals surface area contributed by atoms with Crippen LogP contribution in [0.15, 0.2) is 36.4 Å². The Balaban J connectivity index is 1.24. The minimum atomic E-state index is -0.145. The third-order valence-corrected chi connectivity index (χ3v) is 5.69. The fourth-order valence-corrected chi connectivity index (χ4v) is 4.41. The van der Waals surface area contributed by atoms with Crippen LogP contribution in [-0.2, 0) is 6.54 Å². The van der Waals surface area contributed by atoms with E-state index in [2.05, 4.69) is 22.0 Å². The fourth-order valence-electron chi connectivity index (χ4n) is 4.41. The van der Waals surface area contributed by atoms with Crippen molar-refractivity contribution in [2.45, 2.75) is 19.4 Å². The topological polar surface area (TPSA) is 6.48 Å². The van der Waals surface area contributed by atoms with Gasteiger partial charge in [-0.1, -0.05) is 24.3 Å². The second-order valence-electron chi connectivity index (χ2n) is 7.24. The van der Waals surface area contributed by atoms with Crippen LogP contribution in [0.3, 0.4) is 0 Å². The standard InChI is InChI=1S/C19H25FN2/c20-19-5-2-15(3-6-19)13-21-7-9-22(10-8-21)14-18-12-16-1-4-17(18)11-16/h1-6,16-18H,7-14H2/t16-,17-,18-/m1/s1. The predicted molar refractivity (Wildman–Crippen MR) is 87.0 cm³/mol. The van der Waals surface area contributed by atoms with Gasteiger partial charge in [-0.05, 0) is 48.3 Å². The van der Waals surface area contributed by atoms with Gasteiger partial charge in [0.05, 0.1) is 0 Å². The summed E-state index contributed by atoms with van der Waals surface area (Å²) in [7, 11) is 0.